The Morgan fingerprint density at radius 2 is 1.46 bits per heavy atom. The van der Waals surface area contributed by atoms with Gasteiger partial charge in [-0.2, -0.15) is 13.2 Å². The van der Waals surface area contributed by atoms with Crippen LogP contribution in [0.4, 0.5) is 28.4 Å². The van der Waals surface area contributed by atoms with Gasteiger partial charge in [0.2, 0.25) is 4.87 Å². The van der Waals surface area contributed by atoms with E-state index in [4.69, 9.17) is 0 Å². The quantitative estimate of drug-likeness (QED) is 0.867. The summed E-state index contributed by atoms with van der Waals surface area (Å²) in [5.74, 6) is 0. The van der Waals surface area contributed by atoms with Crippen LogP contribution < -0.4 is 10.2 Å². The highest BCUT2D eigenvalue weighted by molar-refractivity contribution is 8.14. The number of imide groups is 1. The van der Waals surface area contributed by atoms with Crippen molar-refractivity contribution in [2.45, 2.75) is 11.0 Å². The predicted molar refractivity (Wildman–Crippen MR) is 84.6 cm³/mol. The Labute approximate surface area is 139 Å². The highest BCUT2D eigenvalue weighted by Crippen LogP contribution is 2.50. The molecule has 8 heteroatoms. The highest BCUT2D eigenvalue weighted by atomic mass is 32.2. The van der Waals surface area contributed by atoms with Crippen molar-refractivity contribution < 1.29 is 22.8 Å². The Kier molecular flexibility index (Phi) is 4.00. The van der Waals surface area contributed by atoms with Crippen molar-refractivity contribution in [2.75, 3.05) is 4.90 Å². The molecule has 3 rings (SSSR count). The van der Waals surface area contributed by atoms with Crippen LogP contribution >= 0.6 is 11.8 Å². The number of urea groups is 1. The lowest BCUT2D eigenvalue weighted by Crippen LogP contribution is -2.62. The number of hydrogen-bond acceptors (Lipinski definition) is 3. The largest absolute Gasteiger partial charge is 0.426 e. The van der Waals surface area contributed by atoms with Crippen LogP contribution in [0.5, 0.6) is 0 Å². The third-order valence-electron chi connectivity index (χ3n) is 3.50. The van der Waals surface area contributed by atoms with E-state index in [2.05, 4.69) is 0 Å². The average molecular weight is 352 g/mol. The molecule has 1 heterocycles. The number of carbonyl (C=O) groups excluding carboxylic acids is 2. The Balaban J connectivity index is 2.04. The molecule has 3 amide bonds. The minimum Gasteiger partial charge on any atom is -0.310 e. The molecule has 0 saturated carbocycles. The third-order valence-corrected chi connectivity index (χ3v) is 4.74. The van der Waals surface area contributed by atoms with Crippen molar-refractivity contribution in [3.05, 3.63) is 66.2 Å². The molecule has 2 aromatic carbocycles. The van der Waals surface area contributed by atoms with Crippen molar-refractivity contribution in [3.8, 4) is 0 Å². The van der Waals surface area contributed by atoms with E-state index >= 15 is 0 Å². The van der Waals surface area contributed by atoms with Gasteiger partial charge in [-0.25, -0.2) is 9.69 Å². The molecule has 2 aromatic rings. The van der Waals surface area contributed by atoms with Crippen molar-refractivity contribution in [1.82, 2.24) is 5.32 Å². The number of thioether (sulfide) groups is 1. The smallest absolute Gasteiger partial charge is 0.310 e. The lowest BCUT2D eigenvalue weighted by atomic mass is 10.1. The van der Waals surface area contributed by atoms with Crippen LogP contribution in [0.25, 0.3) is 0 Å². The molecule has 124 valence electrons. The number of hydrogen-bond donors (Lipinski definition) is 1. The molecule has 0 unspecified atom stereocenters. The molecule has 1 fully saturated rings. The normalized spacial score (nSPS) is 21.5. The van der Waals surface area contributed by atoms with Crippen molar-refractivity contribution in [2.24, 2.45) is 0 Å². The first-order valence-electron chi connectivity index (χ1n) is 6.88. The fourth-order valence-electron chi connectivity index (χ4n) is 2.39. The van der Waals surface area contributed by atoms with E-state index in [1.165, 1.54) is 36.4 Å². The number of anilines is 1. The second kappa shape index (κ2) is 5.86. The first-order valence-corrected chi connectivity index (χ1v) is 7.69. The summed E-state index contributed by atoms with van der Waals surface area (Å²) in [6.45, 7) is 0. The first kappa shape index (κ1) is 16.4. The number of carbonyl (C=O) groups is 2. The van der Waals surface area contributed by atoms with E-state index in [0.29, 0.717) is 4.90 Å². The molecule has 0 aliphatic carbocycles. The number of para-hydroxylation sites is 1. The predicted octanol–water partition coefficient (Wildman–Crippen LogP) is 4.48. The van der Waals surface area contributed by atoms with E-state index < -0.39 is 22.3 Å². The zero-order chi connectivity index (χ0) is 17.4. The van der Waals surface area contributed by atoms with Crippen LogP contribution in [-0.4, -0.2) is 17.4 Å². The van der Waals surface area contributed by atoms with Gasteiger partial charge in [-0.05, 0) is 29.5 Å². The van der Waals surface area contributed by atoms with E-state index in [-0.39, 0.29) is 23.0 Å². The van der Waals surface area contributed by atoms with Gasteiger partial charge in [0.1, 0.15) is 0 Å². The van der Waals surface area contributed by atoms with E-state index in [0.717, 1.165) is 0 Å². The summed E-state index contributed by atoms with van der Waals surface area (Å²) >= 11 is 0.0306. The monoisotopic (exact) mass is 352 g/mol. The summed E-state index contributed by atoms with van der Waals surface area (Å²) in [4.78, 5) is 22.6. The maximum Gasteiger partial charge on any atom is 0.426 e. The lowest BCUT2D eigenvalue weighted by molar-refractivity contribution is -0.167. The summed E-state index contributed by atoms with van der Waals surface area (Å²) < 4.78 is 41.3. The number of nitrogens with one attached hydrogen (secondary N) is 1. The van der Waals surface area contributed by atoms with Gasteiger partial charge in [0.05, 0.1) is 5.69 Å². The zero-order valence-electron chi connectivity index (χ0n) is 12.1. The lowest BCUT2D eigenvalue weighted by Gasteiger charge is -2.41. The molecule has 1 atom stereocenters. The van der Waals surface area contributed by atoms with E-state index in [9.17, 15) is 22.8 Å². The Hall–Kier alpha value is -2.48. The van der Waals surface area contributed by atoms with Gasteiger partial charge in [-0.3, -0.25) is 4.79 Å². The van der Waals surface area contributed by atoms with Crippen LogP contribution in [0.2, 0.25) is 0 Å². The molecule has 24 heavy (non-hydrogen) atoms. The molecular weight excluding hydrogens is 341 g/mol. The van der Waals surface area contributed by atoms with E-state index in [1.807, 2.05) is 5.32 Å². The third kappa shape index (κ3) is 2.62. The molecule has 1 saturated heterocycles. The van der Waals surface area contributed by atoms with Crippen LogP contribution in [0, 0.1) is 0 Å². The van der Waals surface area contributed by atoms with Gasteiger partial charge in [-0.1, -0.05) is 48.5 Å². The SMILES string of the molecule is O=C1N[C@@](c2ccccc2)(C(F)(F)F)SC(=O)N1c1ccccc1. The number of halogens is 3. The maximum absolute atomic E-state index is 13.8. The van der Waals surface area contributed by atoms with Gasteiger partial charge < -0.3 is 5.32 Å². The fourth-order valence-corrected chi connectivity index (χ4v) is 3.44. The van der Waals surface area contributed by atoms with Crippen LogP contribution in [-0.2, 0) is 4.87 Å². The maximum atomic E-state index is 13.8. The Bertz CT molecular complexity index is 748. The van der Waals surface area contributed by atoms with Crippen LogP contribution in [0.3, 0.4) is 0 Å². The molecule has 4 nitrogen and oxygen atoms in total. The minimum atomic E-state index is -4.85. The van der Waals surface area contributed by atoms with Crippen molar-refractivity contribution in [3.63, 3.8) is 0 Å². The number of rotatable bonds is 2. The van der Waals surface area contributed by atoms with E-state index in [1.54, 1.807) is 24.3 Å². The summed E-state index contributed by atoms with van der Waals surface area (Å²) in [5.41, 5.74) is -0.00625. The molecule has 1 aliphatic heterocycles. The second-order valence-electron chi connectivity index (χ2n) is 5.01. The van der Waals surface area contributed by atoms with Crippen molar-refractivity contribution in [1.29, 1.82) is 0 Å². The minimum absolute atomic E-state index is 0.0306. The number of alkyl halides is 3. The molecular formula is C16H11F3N2O2S. The Morgan fingerprint density at radius 1 is 0.917 bits per heavy atom. The van der Waals surface area contributed by atoms with Crippen LogP contribution in [0.15, 0.2) is 60.7 Å². The van der Waals surface area contributed by atoms with Gasteiger partial charge in [0, 0.05) is 0 Å². The number of amides is 3. The molecule has 0 spiro atoms. The molecule has 1 N–H and O–H groups in total. The summed E-state index contributed by atoms with van der Waals surface area (Å²) in [5, 5.41) is 0.975. The zero-order valence-corrected chi connectivity index (χ0v) is 12.9. The molecule has 0 radical (unpaired) electrons. The standard InChI is InChI=1S/C16H11F3N2O2S/c17-16(18,19)15(11-7-3-1-4-8-11)20-13(22)21(14(23)24-15)12-9-5-2-6-10-12/h1-10H,(H,20,22)/t15-/m1/s1. The molecule has 1 aliphatic rings. The fraction of sp³-hybridized carbons (Fsp3) is 0.125. The van der Waals surface area contributed by atoms with Gasteiger partial charge in [-0.15, -0.1) is 0 Å². The number of nitrogens with zero attached hydrogens (tertiary/aromatic N) is 1. The number of benzene rings is 2. The van der Waals surface area contributed by atoms with Gasteiger partial charge in [0.15, 0.2) is 0 Å². The second-order valence-corrected chi connectivity index (χ2v) is 6.18. The first-order chi connectivity index (χ1) is 11.3. The van der Waals surface area contributed by atoms with Crippen molar-refractivity contribution >= 4 is 28.7 Å². The summed E-state index contributed by atoms with van der Waals surface area (Å²) in [6.07, 6.45) is -4.85. The van der Waals surface area contributed by atoms with Gasteiger partial charge in [0.25, 0.3) is 5.24 Å². The Morgan fingerprint density at radius 3 is 1.96 bits per heavy atom. The summed E-state index contributed by atoms with van der Waals surface area (Å²) in [6, 6.07) is 13.5. The summed E-state index contributed by atoms with van der Waals surface area (Å²) in [7, 11) is 0. The van der Waals surface area contributed by atoms with Crippen LogP contribution in [0.1, 0.15) is 5.56 Å². The molecule has 0 aromatic heterocycles. The topological polar surface area (TPSA) is 49.4 Å². The average Bonchev–Trinajstić information content (AvgIpc) is 2.55. The highest BCUT2D eigenvalue weighted by Gasteiger charge is 2.62. The molecule has 0 bridgehead atoms. The van der Waals surface area contributed by atoms with Gasteiger partial charge >= 0.3 is 12.2 Å².